The molecule has 0 fully saturated rings. The molecule has 0 atom stereocenters. The van der Waals surface area contributed by atoms with Crippen LogP contribution in [0.2, 0.25) is 0 Å². The number of carbonyl (C=O) groups is 1. The van der Waals surface area contributed by atoms with E-state index >= 15 is 0 Å². The van der Waals surface area contributed by atoms with E-state index in [-0.39, 0.29) is 5.82 Å². The van der Waals surface area contributed by atoms with E-state index in [1.54, 1.807) is 30.3 Å². The zero-order valence-electron chi connectivity index (χ0n) is 10.2. The van der Waals surface area contributed by atoms with Crippen LogP contribution < -0.4 is 5.73 Å². The molecule has 2 N–H and O–H groups in total. The minimum atomic E-state index is -0.487. The van der Waals surface area contributed by atoms with Crippen LogP contribution in [0, 0.1) is 5.82 Å². The molecule has 0 heterocycles. The van der Waals surface area contributed by atoms with Gasteiger partial charge in [0.05, 0.1) is 18.4 Å². The van der Waals surface area contributed by atoms with E-state index in [0.29, 0.717) is 21.0 Å². The molecule has 3 nitrogen and oxygen atoms in total. The van der Waals surface area contributed by atoms with Crippen molar-refractivity contribution >= 4 is 23.4 Å². The predicted octanol–water partition coefficient (Wildman–Crippen LogP) is 3.35. The molecule has 0 radical (unpaired) electrons. The quantitative estimate of drug-likeness (QED) is 0.690. The molecule has 0 aliphatic rings. The average molecular weight is 277 g/mol. The number of ether oxygens (including phenoxy) is 1. The van der Waals surface area contributed by atoms with Crippen LogP contribution in [0.5, 0.6) is 0 Å². The van der Waals surface area contributed by atoms with Crippen molar-refractivity contribution in [2.75, 3.05) is 12.8 Å². The molecule has 5 heteroatoms. The minimum Gasteiger partial charge on any atom is -0.465 e. The molecule has 0 aliphatic heterocycles. The van der Waals surface area contributed by atoms with Gasteiger partial charge in [-0.3, -0.25) is 0 Å². The fraction of sp³-hybridized carbons (Fsp3) is 0.0714. The number of hydrogen-bond acceptors (Lipinski definition) is 4. The molecule has 0 saturated heterocycles. The van der Waals surface area contributed by atoms with Crippen LogP contribution in [-0.4, -0.2) is 13.1 Å². The molecular weight excluding hydrogens is 265 g/mol. The maximum Gasteiger partial charge on any atom is 0.339 e. The summed E-state index contributed by atoms with van der Waals surface area (Å²) in [6.45, 7) is 0. The van der Waals surface area contributed by atoms with Crippen LogP contribution in [0.1, 0.15) is 10.4 Å². The van der Waals surface area contributed by atoms with Crippen LogP contribution in [0.25, 0.3) is 0 Å². The number of carbonyl (C=O) groups excluding carboxylic acids is 1. The van der Waals surface area contributed by atoms with Gasteiger partial charge in [-0.1, -0.05) is 23.9 Å². The second-order valence-electron chi connectivity index (χ2n) is 3.77. The first-order valence-corrected chi connectivity index (χ1v) is 6.33. The summed E-state index contributed by atoms with van der Waals surface area (Å²) in [5.74, 6) is -0.799. The van der Waals surface area contributed by atoms with E-state index in [1.165, 1.54) is 31.0 Å². The van der Waals surface area contributed by atoms with Gasteiger partial charge in [-0.15, -0.1) is 0 Å². The second kappa shape index (κ2) is 5.75. The summed E-state index contributed by atoms with van der Waals surface area (Å²) in [6.07, 6.45) is 0. The summed E-state index contributed by atoms with van der Waals surface area (Å²) < 4.78 is 17.8. The first-order valence-electron chi connectivity index (χ1n) is 5.52. The van der Waals surface area contributed by atoms with Gasteiger partial charge < -0.3 is 10.5 Å². The topological polar surface area (TPSA) is 52.3 Å². The van der Waals surface area contributed by atoms with E-state index in [4.69, 9.17) is 5.73 Å². The predicted molar refractivity (Wildman–Crippen MR) is 72.7 cm³/mol. The van der Waals surface area contributed by atoms with Gasteiger partial charge >= 0.3 is 5.97 Å². The highest BCUT2D eigenvalue weighted by Gasteiger charge is 2.13. The van der Waals surface area contributed by atoms with Crippen molar-refractivity contribution < 1.29 is 13.9 Å². The SMILES string of the molecule is COC(=O)c1cccc(Sc2cccc(F)c2)c1N. The maximum absolute atomic E-state index is 13.1. The molecule has 19 heavy (non-hydrogen) atoms. The third-order valence-electron chi connectivity index (χ3n) is 2.50. The van der Waals surface area contributed by atoms with Crippen molar-refractivity contribution in [1.82, 2.24) is 0 Å². The van der Waals surface area contributed by atoms with Crippen molar-refractivity contribution in [3.8, 4) is 0 Å². The van der Waals surface area contributed by atoms with Gasteiger partial charge in [-0.05, 0) is 30.3 Å². The Balaban J connectivity index is 2.33. The molecule has 0 amide bonds. The van der Waals surface area contributed by atoms with Gasteiger partial charge in [0.15, 0.2) is 0 Å². The fourth-order valence-corrected chi connectivity index (χ4v) is 2.52. The Labute approximate surface area is 114 Å². The highest BCUT2D eigenvalue weighted by Crippen LogP contribution is 2.34. The van der Waals surface area contributed by atoms with Gasteiger partial charge in [0, 0.05) is 9.79 Å². The molecule has 0 saturated carbocycles. The molecule has 0 aromatic heterocycles. The molecule has 2 aromatic carbocycles. The maximum atomic E-state index is 13.1. The fourth-order valence-electron chi connectivity index (χ4n) is 1.58. The monoisotopic (exact) mass is 277 g/mol. The normalized spacial score (nSPS) is 10.2. The van der Waals surface area contributed by atoms with Gasteiger partial charge in [0.25, 0.3) is 0 Å². The first-order chi connectivity index (χ1) is 9.11. The first kappa shape index (κ1) is 13.4. The highest BCUT2D eigenvalue weighted by atomic mass is 32.2. The van der Waals surface area contributed by atoms with Crippen LogP contribution in [0.15, 0.2) is 52.3 Å². The lowest BCUT2D eigenvalue weighted by molar-refractivity contribution is 0.0601. The Morgan fingerprint density at radius 1 is 1.26 bits per heavy atom. The van der Waals surface area contributed by atoms with E-state index in [2.05, 4.69) is 4.74 Å². The van der Waals surface area contributed by atoms with Crippen LogP contribution >= 0.6 is 11.8 Å². The molecule has 2 aromatic rings. The van der Waals surface area contributed by atoms with Crippen molar-refractivity contribution in [3.63, 3.8) is 0 Å². The largest absolute Gasteiger partial charge is 0.465 e. The molecule has 0 unspecified atom stereocenters. The third-order valence-corrected chi connectivity index (χ3v) is 3.56. The van der Waals surface area contributed by atoms with E-state index in [9.17, 15) is 9.18 Å². The smallest absolute Gasteiger partial charge is 0.339 e. The third kappa shape index (κ3) is 3.06. The molecule has 2 rings (SSSR count). The van der Waals surface area contributed by atoms with E-state index < -0.39 is 5.97 Å². The molecule has 0 aliphatic carbocycles. The van der Waals surface area contributed by atoms with Crippen molar-refractivity contribution in [1.29, 1.82) is 0 Å². The van der Waals surface area contributed by atoms with E-state index in [1.807, 2.05) is 0 Å². The van der Waals surface area contributed by atoms with Crippen LogP contribution in [0.3, 0.4) is 0 Å². The Bertz CT molecular complexity index is 616. The van der Waals surface area contributed by atoms with Crippen molar-refractivity contribution in [2.45, 2.75) is 9.79 Å². The second-order valence-corrected chi connectivity index (χ2v) is 4.88. The number of para-hydroxylation sites is 1. The summed E-state index contributed by atoms with van der Waals surface area (Å²) in [6, 6.07) is 11.3. The zero-order valence-corrected chi connectivity index (χ0v) is 11.0. The Kier molecular flexibility index (Phi) is 4.06. The number of nitrogens with two attached hydrogens (primary N) is 1. The lowest BCUT2D eigenvalue weighted by atomic mass is 10.2. The highest BCUT2D eigenvalue weighted by molar-refractivity contribution is 7.99. The summed E-state index contributed by atoms with van der Waals surface area (Å²) in [7, 11) is 1.30. The number of anilines is 1. The lowest BCUT2D eigenvalue weighted by Gasteiger charge is -2.09. The number of esters is 1. The summed E-state index contributed by atoms with van der Waals surface area (Å²) >= 11 is 1.30. The number of rotatable bonds is 3. The summed E-state index contributed by atoms with van der Waals surface area (Å²) in [5.41, 5.74) is 6.58. The van der Waals surface area contributed by atoms with Crippen molar-refractivity contribution in [3.05, 3.63) is 53.8 Å². The molecule has 0 bridgehead atoms. The minimum absolute atomic E-state index is 0.309. The van der Waals surface area contributed by atoms with E-state index in [0.717, 1.165) is 0 Å². The number of methoxy groups -OCH3 is 1. The molecule has 98 valence electrons. The number of halogens is 1. The number of nitrogen functional groups attached to an aromatic ring is 1. The lowest BCUT2D eigenvalue weighted by Crippen LogP contribution is -2.06. The molecular formula is C14H12FNO2S. The zero-order chi connectivity index (χ0) is 13.8. The van der Waals surface area contributed by atoms with Gasteiger partial charge in [-0.2, -0.15) is 0 Å². The standard InChI is InChI=1S/C14H12FNO2S/c1-18-14(17)11-6-3-7-12(13(11)16)19-10-5-2-4-9(15)8-10/h2-8H,16H2,1H3. The number of benzene rings is 2. The van der Waals surface area contributed by atoms with Crippen LogP contribution in [-0.2, 0) is 4.74 Å². The van der Waals surface area contributed by atoms with Crippen molar-refractivity contribution in [2.24, 2.45) is 0 Å². The average Bonchev–Trinajstić information content (AvgIpc) is 2.40. The Morgan fingerprint density at radius 2 is 2.00 bits per heavy atom. The summed E-state index contributed by atoms with van der Waals surface area (Å²) in [5, 5.41) is 0. The summed E-state index contributed by atoms with van der Waals surface area (Å²) in [4.78, 5) is 12.9. The Morgan fingerprint density at radius 3 is 2.68 bits per heavy atom. The molecule has 0 spiro atoms. The van der Waals surface area contributed by atoms with Crippen LogP contribution in [0.4, 0.5) is 10.1 Å². The van der Waals surface area contributed by atoms with Gasteiger partial charge in [0.2, 0.25) is 0 Å². The van der Waals surface area contributed by atoms with Gasteiger partial charge in [-0.25, -0.2) is 9.18 Å². The number of hydrogen-bond donors (Lipinski definition) is 1. The van der Waals surface area contributed by atoms with Gasteiger partial charge in [0.1, 0.15) is 5.82 Å². The Hall–Kier alpha value is -2.01.